The van der Waals surface area contributed by atoms with E-state index in [1.54, 1.807) is 0 Å². The van der Waals surface area contributed by atoms with E-state index in [2.05, 4.69) is 0 Å². The van der Waals surface area contributed by atoms with Crippen molar-refractivity contribution in [2.75, 3.05) is 0 Å². The van der Waals surface area contributed by atoms with E-state index in [1.807, 2.05) is 0 Å². The summed E-state index contributed by atoms with van der Waals surface area (Å²) in [5.41, 5.74) is -0.998. The lowest BCUT2D eigenvalue weighted by Crippen LogP contribution is -2.22. The van der Waals surface area contributed by atoms with E-state index in [0.717, 1.165) is 0 Å². The number of carbonyl (C=O) groups is 1. The molecule has 10 heteroatoms. The molecule has 0 spiro atoms. The number of hydrogen-bond acceptors (Lipinski definition) is 3. The first-order valence-electron chi connectivity index (χ1n) is 6.81. The highest BCUT2D eigenvalue weighted by atomic mass is 35.5. The van der Waals surface area contributed by atoms with Crippen molar-refractivity contribution >= 4 is 41.6 Å². The molecule has 0 saturated heterocycles. The van der Waals surface area contributed by atoms with E-state index in [9.17, 15) is 18.0 Å². The highest BCUT2D eigenvalue weighted by Gasteiger charge is 2.32. The smallest absolute Gasteiger partial charge is 0.416 e. The van der Waals surface area contributed by atoms with Crippen LogP contribution in [0.3, 0.4) is 0 Å². The number of ether oxygens (including phenoxy) is 2. The molecule has 0 saturated carbocycles. The van der Waals surface area contributed by atoms with E-state index in [4.69, 9.17) is 37.8 Å². The van der Waals surface area contributed by atoms with Crippen LogP contribution in [0, 0.1) is 0 Å². The van der Waals surface area contributed by atoms with E-state index in [1.165, 1.54) is 31.2 Å². The molecule has 0 bridgehead atoms. The van der Waals surface area contributed by atoms with Crippen LogP contribution >= 0.6 is 35.6 Å². The van der Waals surface area contributed by atoms with Crippen LogP contribution in [0.5, 0.6) is 17.2 Å². The minimum Gasteiger partial charge on any atom is -0.479 e. The van der Waals surface area contributed by atoms with Gasteiger partial charge in [-0.1, -0.05) is 29.3 Å². The fourth-order valence-electron chi connectivity index (χ4n) is 1.80. The summed E-state index contributed by atoms with van der Waals surface area (Å²) in [6.07, 6.45) is -5.68. The molecule has 1 N–H and O–H groups in total. The fraction of sp³-hybridized carbons (Fsp3) is 0.188. The Morgan fingerprint density at radius 1 is 1.12 bits per heavy atom. The van der Waals surface area contributed by atoms with Gasteiger partial charge in [-0.2, -0.15) is 13.2 Å². The van der Waals surface area contributed by atoms with Crippen molar-refractivity contribution in [2.45, 2.75) is 19.2 Å². The Kier molecular flexibility index (Phi) is 7.44. The Hall–Kier alpha value is -1.83. The van der Waals surface area contributed by atoms with E-state index in [0.29, 0.717) is 12.1 Å². The number of carboxylic acid groups (broad SMARTS) is 1. The predicted molar refractivity (Wildman–Crippen MR) is 93.0 cm³/mol. The lowest BCUT2D eigenvalue weighted by molar-refractivity contribution is -0.144. The van der Waals surface area contributed by atoms with Crippen molar-refractivity contribution in [3.05, 3.63) is 52.0 Å². The monoisotopic (exact) mass is 430 g/mol. The van der Waals surface area contributed by atoms with Crippen LogP contribution in [0.2, 0.25) is 10.0 Å². The maximum atomic E-state index is 12.7. The summed E-state index contributed by atoms with van der Waals surface area (Å²) in [5, 5.41) is 8.20. The van der Waals surface area contributed by atoms with Gasteiger partial charge in [-0.15, -0.1) is 12.4 Å². The molecule has 0 aliphatic heterocycles. The summed E-state index contributed by atoms with van der Waals surface area (Å²) in [6.45, 7) is 1.35. The molecular weight excluding hydrogens is 420 g/mol. The number of hydrogen-bond donors (Lipinski definition) is 1. The summed E-state index contributed by atoms with van der Waals surface area (Å²) < 4.78 is 48.8. The Balaban J connectivity index is 0.00000338. The highest BCUT2D eigenvalue weighted by molar-refractivity contribution is 6.37. The van der Waals surface area contributed by atoms with E-state index >= 15 is 0 Å². The average Bonchev–Trinajstić information content (AvgIpc) is 2.50. The second kappa shape index (κ2) is 8.70. The molecule has 0 aromatic heterocycles. The van der Waals surface area contributed by atoms with Gasteiger partial charge in [-0.05, 0) is 31.2 Å². The van der Waals surface area contributed by atoms with Gasteiger partial charge in [0, 0.05) is 6.07 Å². The SMILES string of the molecule is CC(Oc1cccc(Oc2c(Cl)cc(C(F)(F)F)cc2Cl)c1)C(=O)O.Cl. The Morgan fingerprint density at radius 2 is 1.65 bits per heavy atom. The quantitative estimate of drug-likeness (QED) is 0.623. The van der Waals surface area contributed by atoms with Gasteiger partial charge in [-0.3, -0.25) is 0 Å². The van der Waals surface area contributed by atoms with E-state index < -0.39 is 23.8 Å². The molecule has 0 aliphatic rings. The maximum Gasteiger partial charge on any atom is 0.416 e. The van der Waals surface area contributed by atoms with Crippen LogP contribution in [-0.4, -0.2) is 17.2 Å². The molecule has 0 heterocycles. The lowest BCUT2D eigenvalue weighted by Gasteiger charge is -2.14. The lowest BCUT2D eigenvalue weighted by atomic mass is 10.2. The summed E-state index contributed by atoms with van der Waals surface area (Å²) >= 11 is 11.7. The number of alkyl halides is 3. The van der Waals surface area contributed by atoms with Gasteiger partial charge in [-0.25, -0.2) is 4.79 Å². The minimum atomic E-state index is -4.59. The van der Waals surface area contributed by atoms with Gasteiger partial charge in [0.2, 0.25) is 0 Å². The molecule has 1 unspecified atom stereocenters. The Labute approximate surface area is 162 Å². The zero-order valence-corrected chi connectivity index (χ0v) is 15.3. The third kappa shape index (κ3) is 5.59. The molecule has 4 nitrogen and oxygen atoms in total. The van der Waals surface area contributed by atoms with Crippen molar-refractivity contribution in [1.82, 2.24) is 0 Å². The second-order valence-electron chi connectivity index (χ2n) is 4.94. The minimum absolute atomic E-state index is 0. The third-order valence-electron chi connectivity index (χ3n) is 3.01. The topological polar surface area (TPSA) is 55.8 Å². The van der Waals surface area contributed by atoms with Crippen molar-refractivity contribution in [3.63, 3.8) is 0 Å². The molecule has 26 heavy (non-hydrogen) atoms. The molecule has 2 aromatic carbocycles. The normalized spacial score (nSPS) is 12.1. The molecule has 142 valence electrons. The third-order valence-corrected chi connectivity index (χ3v) is 3.57. The van der Waals surface area contributed by atoms with Crippen LogP contribution < -0.4 is 9.47 Å². The van der Waals surface area contributed by atoms with Crippen LogP contribution in [-0.2, 0) is 11.0 Å². The maximum absolute atomic E-state index is 12.7. The summed E-state index contributed by atoms with van der Waals surface area (Å²) in [5.74, 6) is -0.940. The van der Waals surface area contributed by atoms with Gasteiger partial charge in [0.25, 0.3) is 0 Å². The molecule has 2 aromatic rings. The molecule has 0 radical (unpaired) electrons. The van der Waals surface area contributed by atoms with Crippen molar-refractivity contribution < 1.29 is 32.5 Å². The number of benzene rings is 2. The molecular formula is C16H12Cl3F3O4. The van der Waals surface area contributed by atoms with Crippen molar-refractivity contribution in [1.29, 1.82) is 0 Å². The number of rotatable bonds is 5. The van der Waals surface area contributed by atoms with Crippen LogP contribution in [0.1, 0.15) is 12.5 Å². The first-order valence-corrected chi connectivity index (χ1v) is 7.57. The Bertz CT molecular complexity index is 774. The first kappa shape index (κ1) is 22.2. The average molecular weight is 432 g/mol. The zero-order valence-electron chi connectivity index (χ0n) is 13.0. The van der Waals surface area contributed by atoms with Crippen LogP contribution in [0.25, 0.3) is 0 Å². The summed E-state index contributed by atoms with van der Waals surface area (Å²) in [6, 6.07) is 7.28. The number of carboxylic acids is 1. The van der Waals surface area contributed by atoms with Gasteiger partial charge in [0.15, 0.2) is 11.9 Å². The fourth-order valence-corrected chi connectivity index (χ4v) is 2.37. The van der Waals surface area contributed by atoms with Gasteiger partial charge in [0.1, 0.15) is 11.5 Å². The van der Waals surface area contributed by atoms with Crippen LogP contribution in [0.15, 0.2) is 36.4 Å². The standard InChI is InChI=1S/C16H11Cl2F3O4.ClH/c1-8(15(22)23)24-10-3-2-4-11(7-10)25-14-12(17)5-9(6-13(14)18)16(19,20)21;/h2-8H,1H3,(H,22,23);1H. The van der Waals surface area contributed by atoms with Gasteiger partial charge < -0.3 is 14.6 Å². The van der Waals surface area contributed by atoms with Gasteiger partial charge in [0.05, 0.1) is 15.6 Å². The molecule has 0 fully saturated rings. The second-order valence-corrected chi connectivity index (χ2v) is 5.76. The molecule has 0 amide bonds. The summed E-state index contributed by atoms with van der Waals surface area (Å²) in [4.78, 5) is 10.8. The number of aliphatic carboxylic acids is 1. The molecule has 2 rings (SSSR count). The van der Waals surface area contributed by atoms with Gasteiger partial charge >= 0.3 is 12.1 Å². The van der Waals surface area contributed by atoms with E-state index in [-0.39, 0.29) is 39.7 Å². The Morgan fingerprint density at radius 3 is 2.15 bits per heavy atom. The van der Waals surface area contributed by atoms with Crippen molar-refractivity contribution in [3.8, 4) is 17.2 Å². The van der Waals surface area contributed by atoms with Crippen molar-refractivity contribution in [2.24, 2.45) is 0 Å². The molecule has 0 aliphatic carbocycles. The first-order chi connectivity index (χ1) is 11.6. The largest absolute Gasteiger partial charge is 0.479 e. The predicted octanol–water partition coefficient (Wildman–Crippen LogP) is 6.08. The highest BCUT2D eigenvalue weighted by Crippen LogP contribution is 2.42. The number of halogens is 6. The molecule has 1 atom stereocenters. The zero-order chi connectivity index (χ0) is 18.8. The summed E-state index contributed by atoms with van der Waals surface area (Å²) in [7, 11) is 0. The van der Waals surface area contributed by atoms with Crippen LogP contribution in [0.4, 0.5) is 13.2 Å².